The van der Waals surface area contributed by atoms with Crippen LogP contribution in [0.25, 0.3) is 0 Å². The Kier molecular flexibility index (Phi) is 14.8. The van der Waals surface area contributed by atoms with E-state index in [-0.39, 0.29) is 6.61 Å². The van der Waals surface area contributed by atoms with Gasteiger partial charge >= 0.3 is 6.16 Å². The predicted octanol–water partition coefficient (Wildman–Crippen LogP) is 5.41. The maximum absolute atomic E-state index is 10.6. The van der Waals surface area contributed by atoms with Crippen molar-refractivity contribution in [3.05, 3.63) is 24.3 Å². The van der Waals surface area contributed by atoms with Gasteiger partial charge in [0.2, 0.25) is 0 Å². The van der Waals surface area contributed by atoms with Crippen molar-refractivity contribution >= 4 is 6.16 Å². The minimum atomic E-state index is -0.641. The Hall–Kier alpha value is -1.25. The Labute approximate surface area is 124 Å². The number of allylic oxidation sites excluding steroid dienone is 3. The molecule has 0 amide bonds. The summed E-state index contributed by atoms with van der Waals surface area (Å²) in [7, 11) is 1.30. The van der Waals surface area contributed by atoms with Crippen LogP contribution in [0.5, 0.6) is 0 Å². The summed E-state index contributed by atoms with van der Waals surface area (Å²) in [5.41, 5.74) is 0. The number of carbonyl (C=O) groups excluding carboxylic acids is 1. The van der Waals surface area contributed by atoms with Gasteiger partial charge in [0.25, 0.3) is 0 Å². The third-order valence-electron chi connectivity index (χ3n) is 3.07. The molecule has 0 saturated heterocycles. The molecule has 0 bridgehead atoms. The molecule has 0 heterocycles. The first-order valence-corrected chi connectivity index (χ1v) is 7.83. The average Bonchev–Trinajstić information content (AvgIpc) is 2.47. The second-order valence-electron chi connectivity index (χ2n) is 4.88. The number of unbranched alkanes of at least 4 members (excludes halogenated alkanes) is 8. The van der Waals surface area contributed by atoms with E-state index in [0.29, 0.717) is 0 Å². The zero-order valence-corrected chi connectivity index (χ0v) is 13.1. The van der Waals surface area contributed by atoms with Crippen LogP contribution in [0.2, 0.25) is 0 Å². The van der Waals surface area contributed by atoms with E-state index in [4.69, 9.17) is 4.74 Å². The number of hydrogen-bond acceptors (Lipinski definition) is 3. The summed E-state index contributed by atoms with van der Waals surface area (Å²) < 4.78 is 9.06. The molecule has 0 spiro atoms. The molecule has 0 aliphatic rings. The third-order valence-corrected chi connectivity index (χ3v) is 3.07. The minimum Gasteiger partial charge on any atom is -0.438 e. The van der Waals surface area contributed by atoms with Gasteiger partial charge in [0.1, 0.15) is 6.61 Å². The summed E-state index contributed by atoms with van der Waals surface area (Å²) >= 11 is 0. The zero-order chi connectivity index (χ0) is 14.9. The van der Waals surface area contributed by atoms with Crippen LogP contribution >= 0.6 is 0 Å². The molecule has 0 N–H and O–H groups in total. The number of carbonyl (C=O) groups is 1. The van der Waals surface area contributed by atoms with Gasteiger partial charge in [0.05, 0.1) is 7.11 Å². The number of ether oxygens (including phenoxy) is 2. The molecule has 3 heteroatoms. The second-order valence-corrected chi connectivity index (χ2v) is 4.88. The lowest BCUT2D eigenvalue weighted by molar-refractivity contribution is 0.0818. The molecule has 0 atom stereocenters. The van der Waals surface area contributed by atoms with E-state index in [1.807, 2.05) is 12.2 Å². The van der Waals surface area contributed by atoms with E-state index in [1.165, 1.54) is 58.5 Å². The van der Waals surface area contributed by atoms with Gasteiger partial charge < -0.3 is 9.47 Å². The Morgan fingerprint density at radius 2 is 1.50 bits per heavy atom. The smallest absolute Gasteiger partial charge is 0.438 e. The fraction of sp³-hybridized carbons (Fsp3) is 0.706. The molecule has 3 nitrogen and oxygen atoms in total. The summed E-state index contributed by atoms with van der Waals surface area (Å²) in [6.07, 6.45) is 19.2. The highest BCUT2D eigenvalue weighted by molar-refractivity contribution is 5.59. The molecule has 0 aromatic heterocycles. The molecule has 0 rings (SSSR count). The first kappa shape index (κ1) is 18.8. The van der Waals surface area contributed by atoms with Gasteiger partial charge in [-0.1, -0.05) is 70.1 Å². The highest BCUT2D eigenvalue weighted by Gasteiger charge is 1.94. The SMILES string of the molecule is CCCCCCCCCC/C=C\C=C/COC(=O)OC. The standard InChI is InChI=1S/C17H30O3/c1-3-4-5-6-7-8-9-10-11-12-13-14-15-16-20-17(18)19-2/h12-15H,3-11,16H2,1-2H3/b13-12-,15-14-. The molecule has 0 aliphatic carbocycles. The largest absolute Gasteiger partial charge is 0.508 e. The predicted molar refractivity (Wildman–Crippen MR) is 83.9 cm³/mol. The maximum atomic E-state index is 10.6. The van der Waals surface area contributed by atoms with Gasteiger partial charge in [-0.25, -0.2) is 4.79 Å². The fourth-order valence-electron chi connectivity index (χ4n) is 1.88. The second kappa shape index (κ2) is 15.8. The first-order chi connectivity index (χ1) is 9.81. The molecule has 0 aliphatic heterocycles. The van der Waals surface area contributed by atoms with E-state index in [1.54, 1.807) is 6.08 Å². The summed E-state index contributed by atoms with van der Waals surface area (Å²) in [6, 6.07) is 0. The van der Waals surface area contributed by atoms with Gasteiger partial charge in [-0.2, -0.15) is 0 Å². The molecule has 0 fully saturated rings. The summed E-state index contributed by atoms with van der Waals surface area (Å²) in [5, 5.41) is 0. The monoisotopic (exact) mass is 282 g/mol. The first-order valence-electron chi connectivity index (χ1n) is 7.83. The number of hydrogen-bond donors (Lipinski definition) is 0. The quantitative estimate of drug-likeness (QED) is 0.272. The van der Waals surface area contributed by atoms with Crippen LogP contribution in [-0.2, 0) is 9.47 Å². The van der Waals surface area contributed by atoms with Crippen LogP contribution in [0.3, 0.4) is 0 Å². The minimum absolute atomic E-state index is 0.259. The van der Waals surface area contributed by atoms with E-state index in [2.05, 4.69) is 17.7 Å². The van der Waals surface area contributed by atoms with Gasteiger partial charge in [-0.15, -0.1) is 0 Å². The summed E-state index contributed by atoms with van der Waals surface area (Å²) in [4.78, 5) is 10.6. The molecule has 20 heavy (non-hydrogen) atoms. The van der Waals surface area contributed by atoms with Gasteiger partial charge in [0.15, 0.2) is 0 Å². The van der Waals surface area contributed by atoms with E-state index in [0.717, 1.165) is 6.42 Å². The Bertz CT molecular complexity index is 269. The van der Waals surface area contributed by atoms with Crippen LogP contribution in [-0.4, -0.2) is 19.9 Å². The van der Waals surface area contributed by atoms with Crippen LogP contribution in [0.1, 0.15) is 64.7 Å². The molecule has 0 radical (unpaired) electrons. The fourth-order valence-corrected chi connectivity index (χ4v) is 1.88. The van der Waals surface area contributed by atoms with Crippen LogP contribution in [0.15, 0.2) is 24.3 Å². The van der Waals surface area contributed by atoms with Crippen LogP contribution < -0.4 is 0 Å². The highest BCUT2D eigenvalue weighted by Crippen LogP contribution is 2.09. The highest BCUT2D eigenvalue weighted by atomic mass is 16.7. The van der Waals surface area contributed by atoms with Crippen LogP contribution in [0, 0.1) is 0 Å². The lowest BCUT2D eigenvalue weighted by atomic mass is 10.1. The molecule has 0 unspecified atom stereocenters. The normalized spacial score (nSPS) is 11.3. The number of rotatable bonds is 12. The van der Waals surface area contributed by atoms with Crippen molar-refractivity contribution in [2.75, 3.05) is 13.7 Å². The van der Waals surface area contributed by atoms with Crippen molar-refractivity contribution in [1.29, 1.82) is 0 Å². The van der Waals surface area contributed by atoms with Crippen molar-refractivity contribution < 1.29 is 14.3 Å². The van der Waals surface area contributed by atoms with Crippen LogP contribution in [0.4, 0.5) is 4.79 Å². The topological polar surface area (TPSA) is 35.5 Å². The summed E-state index contributed by atoms with van der Waals surface area (Å²) in [6.45, 7) is 2.51. The van der Waals surface area contributed by atoms with Crippen molar-refractivity contribution in [1.82, 2.24) is 0 Å². The molecular formula is C17H30O3. The third kappa shape index (κ3) is 14.8. The van der Waals surface area contributed by atoms with Crippen molar-refractivity contribution in [3.63, 3.8) is 0 Å². The van der Waals surface area contributed by atoms with E-state index < -0.39 is 6.16 Å². The molecular weight excluding hydrogens is 252 g/mol. The van der Waals surface area contributed by atoms with E-state index in [9.17, 15) is 4.79 Å². The Morgan fingerprint density at radius 1 is 0.900 bits per heavy atom. The molecule has 116 valence electrons. The molecule has 0 saturated carbocycles. The Morgan fingerprint density at radius 3 is 2.15 bits per heavy atom. The van der Waals surface area contributed by atoms with Crippen molar-refractivity contribution in [3.8, 4) is 0 Å². The van der Waals surface area contributed by atoms with Gasteiger partial charge in [-0.05, 0) is 18.9 Å². The van der Waals surface area contributed by atoms with Gasteiger partial charge in [-0.3, -0.25) is 0 Å². The van der Waals surface area contributed by atoms with Crippen molar-refractivity contribution in [2.24, 2.45) is 0 Å². The summed E-state index contributed by atoms with van der Waals surface area (Å²) in [5.74, 6) is 0. The van der Waals surface area contributed by atoms with Gasteiger partial charge in [0, 0.05) is 0 Å². The zero-order valence-electron chi connectivity index (χ0n) is 13.1. The lowest BCUT2D eigenvalue weighted by Crippen LogP contribution is -2.03. The average molecular weight is 282 g/mol. The molecule has 0 aromatic carbocycles. The maximum Gasteiger partial charge on any atom is 0.508 e. The Balaban J connectivity index is 3.23. The molecule has 0 aromatic rings. The van der Waals surface area contributed by atoms with Crippen molar-refractivity contribution in [2.45, 2.75) is 64.7 Å². The lowest BCUT2D eigenvalue weighted by Gasteiger charge is -1.99. The number of methoxy groups -OCH3 is 1. The van der Waals surface area contributed by atoms with E-state index >= 15 is 0 Å².